The van der Waals surface area contributed by atoms with Gasteiger partial charge in [0.2, 0.25) is 0 Å². The summed E-state index contributed by atoms with van der Waals surface area (Å²) in [5.74, 6) is -0.440. The third kappa shape index (κ3) is 3.16. The van der Waals surface area contributed by atoms with E-state index >= 15 is 0 Å². The predicted molar refractivity (Wildman–Crippen MR) is 94.0 cm³/mol. The van der Waals surface area contributed by atoms with Crippen molar-refractivity contribution in [2.45, 2.75) is 13.5 Å². The molecule has 0 amide bonds. The van der Waals surface area contributed by atoms with Crippen LogP contribution in [0.3, 0.4) is 0 Å². The van der Waals surface area contributed by atoms with Crippen LogP contribution in [0.25, 0.3) is 4.96 Å². The Morgan fingerprint density at radius 3 is 2.67 bits per heavy atom. The van der Waals surface area contributed by atoms with E-state index in [0.29, 0.717) is 16.2 Å². The van der Waals surface area contributed by atoms with Gasteiger partial charge in [0.05, 0.1) is 11.3 Å². The summed E-state index contributed by atoms with van der Waals surface area (Å²) in [6.45, 7) is 1.82. The van der Waals surface area contributed by atoms with Crippen LogP contribution >= 0.6 is 11.3 Å². The van der Waals surface area contributed by atoms with Crippen LogP contribution in [0.2, 0.25) is 0 Å². The van der Waals surface area contributed by atoms with Crippen molar-refractivity contribution in [3.05, 3.63) is 63.0 Å². The molecule has 3 aromatic rings. The van der Waals surface area contributed by atoms with Gasteiger partial charge in [0.25, 0.3) is 5.56 Å². The van der Waals surface area contributed by atoms with Crippen LogP contribution in [0.1, 0.15) is 21.7 Å². The maximum absolute atomic E-state index is 12.1. The van der Waals surface area contributed by atoms with E-state index in [-0.39, 0.29) is 12.2 Å². The summed E-state index contributed by atoms with van der Waals surface area (Å²) in [4.78, 5) is 31.1. The van der Waals surface area contributed by atoms with Gasteiger partial charge >= 0.3 is 5.97 Å². The third-order valence-corrected chi connectivity index (χ3v) is 4.54. The fourth-order valence-electron chi connectivity index (χ4n) is 2.29. The van der Waals surface area contributed by atoms with Gasteiger partial charge in [-0.2, -0.15) is 0 Å². The van der Waals surface area contributed by atoms with Crippen molar-refractivity contribution in [3.8, 4) is 0 Å². The minimum atomic E-state index is -0.440. The standard InChI is InChI=1S/C17H17N3O3S/c1-11-10-24-17-18-13(8-15(21)20(11)17)9-23-16(22)12-4-6-14(7-5-12)19(2)3/h4-8,10H,9H2,1-3H3. The topological polar surface area (TPSA) is 63.9 Å². The van der Waals surface area contributed by atoms with Crippen LogP contribution in [0.5, 0.6) is 0 Å². The number of aryl methyl sites for hydroxylation is 1. The van der Waals surface area contributed by atoms with Gasteiger partial charge in [0.15, 0.2) is 4.96 Å². The normalized spacial score (nSPS) is 10.8. The number of esters is 1. The third-order valence-electron chi connectivity index (χ3n) is 3.60. The molecule has 0 aliphatic heterocycles. The lowest BCUT2D eigenvalue weighted by atomic mass is 10.2. The molecular formula is C17H17N3O3S. The molecule has 0 fully saturated rings. The van der Waals surface area contributed by atoms with Crippen molar-refractivity contribution in [2.24, 2.45) is 0 Å². The number of fused-ring (bicyclic) bond motifs is 1. The lowest BCUT2D eigenvalue weighted by Crippen LogP contribution is -2.16. The van der Waals surface area contributed by atoms with Crippen molar-refractivity contribution in [1.29, 1.82) is 0 Å². The largest absolute Gasteiger partial charge is 0.456 e. The summed E-state index contributed by atoms with van der Waals surface area (Å²) < 4.78 is 6.80. The molecule has 0 unspecified atom stereocenters. The molecule has 3 rings (SSSR count). The summed E-state index contributed by atoms with van der Waals surface area (Å²) in [6.07, 6.45) is 0. The Kier molecular flexibility index (Phi) is 4.35. The number of hydrogen-bond donors (Lipinski definition) is 0. The highest BCUT2D eigenvalue weighted by Crippen LogP contribution is 2.14. The number of benzene rings is 1. The van der Waals surface area contributed by atoms with Gasteiger partial charge in [-0.1, -0.05) is 0 Å². The maximum Gasteiger partial charge on any atom is 0.338 e. The maximum atomic E-state index is 12.1. The number of aromatic nitrogens is 2. The Morgan fingerprint density at radius 2 is 2.00 bits per heavy atom. The van der Waals surface area contributed by atoms with Crippen LogP contribution in [-0.2, 0) is 11.3 Å². The monoisotopic (exact) mass is 343 g/mol. The number of carbonyl (C=O) groups excluding carboxylic acids is 1. The number of anilines is 1. The molecule has 0 atom stereocenters. The Bertz CT molecular complexity index is 942. The first-order chi connectivity index (χ1) is 11.5. The number of hydrogen-bond acceptors (Lipinski definition) is 6. The first-order valence-electron chi connectivity index (χ1n) is 7.37. The van der Waals surface area contributed by atoms with Crippen molar-refractivity contribution in [1.82, 2.24) is 9.38 Å². The molecule has 0 spiro atoms. The quantitative estimate of drug-likeness (QED) is 0.681. The second-order valence-electron chi connectivity index (χ2n) is 5.60. The SMILES string of the molecule is Cc1csc2nc(COC(=O)c3ccc(N(C)C)cc3)cc(=O)n12. The number of thiazole rings is 1. The molecule has 0 bridgehead atoms. The van der Waals surface area contributed by atoms with Crippen molar-refractivity contribution in [3.63, 3.8) is 0 Å². The minimum Gasteiger partial charge on any atom is -0.456 e. The van der Waals surface area contributed by atoms with E-state index < -0.39 is 5.97 Å². The molecule has 0 N–H and O–H groups in total. The number of nitrogens with zero attached hydrogens (tertiary/aromatic N) is 3. The summed E-state index contributed by atoms with van der Waals surface area (Å²) in [6, 6.07) is 8.52. The van der Waals surface area contributed by atoms with Gasteiger partial charge in [0, 0.05) is 36.9 Å². The molecule has 1 aromatic carbocycles. The van der Waals surface area contributed by atoms with Crippen LogP contribution in [0, 0.1) is 6.92 Å². The van der Waals surface area contributed by atoms with Crippen LogP contribution < -0.4 is 10.5 Å². The van der Waals surface area contributed by atoms with Gasteiger partial charge in [-0.05, 0) is 31.2 Å². The van der Waals surface area contributed by atoms with Gasteiger partial charge < -0.3 is 9.64 Å². The molecule has 0 saturated heterocycles. The zero-order valence-corrected chi connectivity index (χ0v) is 14.5. The first kappa shape index (κ1) is 16.2. The molecule has 6 nitrogen and oxygen atoms in total. The molecular weight excluding hydrogens is 326 g/mol. The van der Waals surface area contributed by atoms with Crippen LogP contribution in [0.15, 0.2) is 40.5 Å². The minimum absolute atomic E-state index is 0.0308. The van der Waals surface area contributed by atoms with Gasteiger partial charge in [0.1, 0.15) is 6.61 Å². The second-order valence-corrected chi connectivity index (χ2v) is 6.43. The lowest BCUT2D eigenvalue weighted by Gasteiger charge is -2.12. The average molecular weight is 343 g/mol. The molecule has 0 radical (unpaired) electrons. The number of ether oxygens (including phenoxy) is 1. The fourth-order valence-corrected chi connectivity index (χ4v) is 3.18. The van der Waals surface area contributed by atoms with E-state index in [4.69, 9.17) is 4.74 Å². The smallest absolute Gasteiger partial charge is 0.338 e. The Labute approximate surface area is 142 Å². The van der Waals surface area contributed by atoms with E-state index in [9.17, 15) is 9.59 Å². The summed E-state index contributed by atoms with van der Waals surface area (Å²) in [5, 5.41) is 1.87. The van der Waals surface area contributed by atoms with Crippen molar-refractivity contribution >= 4 is 28.0 Å². The zero-order chi connectivity index (χ0) is 17.3. The Hall–Kier alpha value is -2.67. The number of rotatable bonds is 4. The molecule has 0 aliphatic rings. The van der Waals surface area contributed by atoms with E-state index in [1.807, 2.05) is 43.4 Å². The molecule has 0 aliphatic carbocycles. The summed E-state index contributed by atoms with van der Waals surface area (Å²) in [7, 11) is 3.86. The molecule has 7 heteroatoms. The fraction of sp³-hybridized carbons (Fsp3) is 0.235. The van der Waals surface area contributed by atoms with Crippen molar-refractivity contribution in [2.75, 3.05) is 19.0 Å². The van der Waals surface area contributed by atoms with Gasteiger partial charge in [-0.15, -0.1) is 11.3 Å². The highest BCUT2D eigenvalue weighted by atomic mass is 32.1. The zero-order valence-electron chi connectivity index (χ0n) is 13.6. The van der Waals surface area contributed by atoms with Crippen LogP contribution in [0.4, 0.5) is 5.69 Å². The molecule has 2 heterocycles. The van der Waals surface area contributed by atoms with Gasteiger partial charge in [-0.3, -0.25) is 9.20 Å². The Balaban J connectivity index is 1.73. The van der Waals surface area contributed by atoms with E-state index in [0.717, 1.165) is 11.4 Å². The van der Waals surface area contributed by atoms with E-state index in [2.05, 4.69) is 4.98 Å². The lowest BCUT2D eigenvalue weighted by molar-refractivity contribution is 0.0468. The highest BCUT2D eigenvalue weighted by Gasteiger charge is 2.11. The van der Waals surface area contributed by atoms with E-state index in [1.165, 1.54) is 21.8 Å². The highest BCUT2D eigenvalue weighted by molar-refractivity contribution is 7.15. The second kappa shape index (κ2) is 6.45. The molecule has 124 valence electrons. The summed E-state index contributed by atoms with van der Waals surface area (Å²) in [5.41, 5.74) is 2.59. The van der Waals surface area contributed by atoms with E-state index in [1.54, 1.807) is 12.1 Å². The molecule has 0 saturated carbocycles. The summed E-state index contributed by atoms with van der Waals surface area (Å²) >= 11 is 1.38. The van der Waals surface area contributed by atoms with Gasteiger partial charge in [-0.25, -0.2) is 9.78 Å². The van der Waals surface area contributed by atoms with Crippen LogP contribution in [-0.4, -0.2) is 29.4 Å². The first-order valence-corrected chi connectivity index (χ1v) is 8.25. The molecule has 24 heavy (non-hydrogen) atoms. The molecule has 2 aromatic heterocycles. The average Bonchev–Trinajstić information content (AvgIpc) is 2.94. The number of carbonyl (C=O) groups is 1. The Morgan fingerprint density at radius 1 is 1.29 bits per heavy atom. The van der Waals surface area contributed by atoms with Crippen molar-refractivity contribution < 1.29 is 9.53 Å². The predicted octanol–water partition coefficient (Wildman–Crippen LogP) is 2.49.